The Hall–Kier alpha value is -4.85. The van der Waals surface area contributed by atoms with Gasteiger partial charge in [0.1, 0.15) is 28.8 Å². The molecular formula is C31H29FN2O5. The smallest absolute Gasteiger partial charge is 0.335 e. The molecule has 0 spiro atoms. The Kier molecular flexibility index (Phi) is 8.78. The van der Waals surface area contributed by atoms with Crippen molar-refractivity contribution in [1.82, 2.24) is 0 Å². The average molecular weight is 529 g/mol. The molecule has 0 unspecified atom stereocenters. The van der Waals surface area contributed by atoms with Crippen molar-refractivity contribution >= 4 is 23.4 Å². The SMILES string of the molecule is CCCCc1ccc(NC(=O)Nc2cc(Oc3ccc(F)cc3)cc(Oc3ccc(C(=O)O)c(C)c3)c2)cc1. The lowest BCUT2D eigenvalue weighted by Crippen LogP contribution is -2.19. The summed E-state index contributed by atoms with van der Waals surface area (Å²) in [6.45, 7) is 3.82. The molecule has 0 aliphatic heterocycles. The summed E-state index contributed by atoms with van der Waals surface area (Å²) < 4.78 is 25.2. The van der Waals surface area contributed by atoms with Gasteiger partial charge in [0.05, 0.1) is 5.56 Å². The van der Waals surface area contributed by atoms with E-state index in [0.29, 0.717) is 39.9 Å². The number of carboxylic acids is 1. The third-order valence-electron chi connectivity index (χ3n) is 5.88. The number of nitrogens with one attached hydrogen (secondary N) is 2. The molecule has 4 rings (SSSR count). The van der Waals surface area contributed by atoms with Gasteiger partial charge in [-0.3, -0.25) is 0 Å². The van der Waals surface area contributed by atoms with Gasteiger partial charge in [0.15, 0.2) is 0 Å². The van der Waals surface area contributed by atoms with Crippen LogP contribution in [0.25, 0.3) is 0 Å². The molecule has 0 atom stereocenters. The molecule has 8 heteroatoms. The molecule has 2 amide bonds. The van der Waals surface area contributed by atoms with Gasteiger partial charge >= 0.3 is 12.0 Å². The zero-order chi connectivity index (χ0) is 27.8. The number of benzene rings is 4. The van der Waals surface area contributed by atoms with Crippen LogP contribution in [0.1, 0.15) is 41.3 Å². The van der Waals surface area contributed by atoms with Crippen LogP contribution >= 0.6 is 0 Å². The number of aromatic carboxylic acids is 1. The van der Waals surface area contributed by atoms with E-state index in [2.05, 4.69) is 17.6 Å². The second-order valence-corrected chi connectivity index (χ2v) is 9.01. The highest BCUT2D eigenvalue weighted by molar-refractivity contribution is 6.00. The van der Waals surface area contributed by atoms with Crippen molar-refractivity contribution in [1.29, 1.82) is 0 Å². The zero-order valence-corrected chi connectivity index (χ0v) is 21.7. The fourth-order valence-electron chi connectivity index (χ4n) is 3.91. The van der Waals surface area contributed by atoms with Crippen molar-refractivity contribution < 1.29 is 28.6 Å². The lowest BCUT2D eigenvalue weighted by Gasteiger charge is -2.14. The maximum Gasteiger partial charge on any atom is 0.335 e. The highest BCUT2D eigenvalue weighted by atomic mass is 19.1. The molecule has 3 N–H and O–H groups in total. The molecule has 0 saturated carbocycles. The van der Waals surface area contributed by atoms with Crippen LogP contribution in [0.3, 0.4) is 0 Å². The molecule has 0 aliphatic carbocycles. The standard InChI is InChI=1S/C31H29FN2O5/c1-3-4-5-21-6-10-23(11-7-21)33-31(37)34-24-17-27(38-25-12-8-22(32)9-13-25)19-28(18-24)39-26-14-15-29(30(35)36)20(2)16-26/h6-19H,3-5H2,1-2H3,(H,35,36)(H2,33,34,37). The van der Waals surface area contributed by atoms with Crippen LogP contribution in [-0.4, -0.2) is 17.1 Å². The Balaban J connectivity index is 1.54. The summed E-state index contributed by atoms with van der Waals surface area (Å²) in [5.41, 5.74) is 2.96. The van der Waals surface area contributed by atoms with E-state index in [0.717, 1.165) is 19.3 Å². The number of hydrogen-bond acceptors (Lipinski definition) is 4. The minimum Gasteiger partial charge on any atom is -0.478 e. The van der Waals surface area contributed by atoms with Crippen LogP contribution in [-0.2, 0) is 6.42 Å². The number of anilines is 2. The van der Waals surface area contributed by atoms with Gasteiger partial charge < -0.3 is 25.2 Å². The fraction of sp³-hybridized carbons (Fsp3) is 0.161. The Morgan fingerprint density at radius 2 is 1.38 bits per heavy atom. The van der Waals surface area contributed by atoms with Crippen molar-refractivity contribution in [3.63, 3.8) is 0 Å². The van der Waals surface area contributed by atoms with Gasteiger partial charge in [-0.25, -0.2) is 14.0 Å². The van der Waals surface area contributed by atoms with Crippen LogP contribution < -0.4 is 20.1 Å². The van der Waals surface area contributed by atoms with Gasteiger partial charge in [0.25, 0.3) is 0 Å². The number of carbonyl (C=O) groups excluding carboxylic acids is 1. The van der Waals surface area contributed by atoms with Gasteiger partial charge in [-0.1, -0.05) is 25.5 Å². The zero-order valence-electron chi connectivity index (χ0n) is 21.7. The number of aryl methyl sites for hydroxylation is 2. The first kappa shape index (κ1) is 27.2. The predicted molar refractivity (Wildman–Crippen MR) is 149 cm³/mol. The summed E-state index contributed by atoms with van der Waals surface area (Å²) in [6, 6.07) is 22.2. The number of ether oxygens (including phenoxy) is 2. The van der Waals surface area contributed by atoms with Gasteiger partial charge in [-0.15, -0.1) is 0 Å². The molecule has 0 radical (unpaired) electrons. The molecular weight excluding hydrogens is 499 g/mol. The van der Waals surface area contributed by atoms with E-state index in [1.54, 1.807) is 37.3 Å². The minimum atomic E-state index is -1.03. The molecule has 0 aliphatic rings. The average Bonchev–Trinajstić information content (AvgIpc) is 2.89. The Morgan fingerprint density at radius 1 is 0.769 bits per heavy atom. The van der Waals surface area contributed by atoms with Crippen LogP contribution in [0.2, 0.25) is 0 Å². The second kappa shape index (κ2) is 12.6. The number of amides is 2. The first-order valence-corrected chi connectivity index (χ1v) is 12.6. The Morgan fingerprint density at radius 3 is 2.00 bits per heavy atom. The number of carboxylic acid groups (broad SMARTS) is 1. The number of unbranched alkanes of at least 4 members (excludes halogenated alkanes) is 1. The molecule has 0 bridgehead atoms. The summed E-state index contributed by atoms with van der Waals surface area (Å²) >= 11 is 0. The summed E-state index contributed by atoms with van der Waals surface area (Å²) in [7, 11) is 0. The summed E-state index contributed by atoms with van der Waals surface area (Å²) in [6.07, 6.45) is 3.22. The number of hydrogen-bond donors (Lipinski definition) is 3. The quantitative estimate of drug-likeness (QED) is 0.192. The Labute approximate surface area is 226 Å². The summed E-state index contributed by atoms with van der Waals surface area (Å²) in [5, 5.41) is 14.9. The van der Waals surface area contributed by atoms with E-state index in [9.17, 15) is 19.1 Å². The van der Waals surface area contributed by atoms with Gasteiger partial charge in [-0.2, -0.15) is 0 Å². The van der Waals surface area contributed by atoms with E-state index in [-0.39, 0.29) is 5.56 Å². The highest BCUT2D eigenvalue weighted by Crippen LogP contribution is 2.33. The van der Waals surface area contributed by atoms with E-state index < -0.39 is 17.8 Å². The molecule has 7 nitrogen and oxygen atoms in total. The number of urea groups is 1. The fourth-order valence-corrected chi connectivity index (χ4v) is 3.91. The predicted octanol–water partition coefficient (Wildman–Crippen LogP) is 8.40. The second-order valence-electron chi connectivity index (χ2n) is 9.01. The normalized spacial score (nSPS) is 10.5. The molecule has 4 aromatic carbocycles. The van der Waals surface area contributed by atoms with Crippen molar-refractivity contribution in [2.24, 2.45) is 0 Å². The number of rotatable bonds is 10. The van der Waals surface area contributed by atoms with Gasteiger partial charge in [0.2, 0.25) is 0 Å². The first-order valence-electron chi connectivity index (χ1n) is 12.6. The van der Waals surface area contributed by atoms with E-state index >= 15 is 0 Å². The molecule has 0 heterocycles. The van der Waals surface area contributed by atoms with Gasteiger partial charge in [-0.05, 0) is 85.5 Å². The van der Waals surface area contributed by atoms with Crippen molar-refractivity contribution in [3.05, 3.63) is 107 Å². The third-order valence-corrected chi connectivity index (χ3v) is 5.88. The Bertz CT molecular complexity index is 1450. The topological polar surface area (TPSA) is 96.9 Å². The molecule has 0 aromatic heterocycles. The first-order chi connectivity index (χ1) is 18.8. The van der Waals surface area contributed by atoms with Crippen molar-refractivity contribution in [2.45, 2.75) is 33.1 Å². The molecule has 200 valence electrons. The molecule has 0 saturated heterocycles. The van der Waals surface area contributed by atoms with Crippen LogP contribution in [0.15, 0.2) is 84.9 Å². The van der Waals surface area contributed by atoms with Crippen molar-refractivity contribution in [3.8, 4) is 23.0 Å². The lowest BCUT2D eigenvalue weighted by atomic mass is 10.1. The molecule has 4 aromatic rings. The van der Waals surface area contributed by atoms with Gasteiger partial charge in [0, 0.05) is 29.6 Å². The number of carbonyl (C=O) groups is 2. The van der Waals surface area contributed by atoms with E-state index in [1.807, 2.05) is 24.3 Å². The maximum atomic E-state index is 13.3. The van der Waals surface area contributed by atoms with Crippen LogP contribution in [0, 0.1) is 12.7 Å². The van der Waals surface area contributed by atoms with Crippen LogP contribution in [0.5, 0.6) is 23.0 Å². The monoisotopic (exact) mass is 528 g/mol. The van der Waals surface area contributed by atoms with E-state index in [4.69, 9.17) is 9.47 Å². The largest absolute Gasteiger partial charge is 0.478 e. The van der Waals surface area contributed by atoms with Crippen LogP contribution in [0.4, 0.5) is 20.6 Å². The summed E-state index contributed by atoms with van der Waals surface area (Å²) in [4.78, 5) is 24.1. The van der Waals surface area contributed by atoms with E-state index in [1.165, 1.54) is 35.9 Å². The molecule has 39 heavy (non-hydrogen) atoms. The third kappa shape index (κ3) is 7.82. The maximum absolute atomic E-state index is 13.3. The van der Waals surface area contributed by atoms with Crippen molar-refractivity contribution in [2.75, 3.05) is 10.6 Å². The lowest BCUT2D eigenvalue weighted by molar-refractivity contribution is 0.0696. The molecule has 0 fully saturated rings. The summed E-state index contributed by atoms with van der Waals surface area (Å²) in [5.74, 6) is 0.0730. The minimum absolute atomic E-state index is 0.174. The number of halogens is 1. The highest BCUT2D eigenvalue weighted by Gasteiger charge is 2.12.